The van der Waals surface area contributed by atoms with Crippen molar-refractivity contribution in [1.82, 2.24) is 4.90 Å². The molecule has 0 amide bonds. The molecule has 2 unspecified atom stereocenters. The van der Waals surface area contributed by atoms with Gasteiger partial charge >= 0.3 is 0 Å². The van der Waals surface area contributed by atoms with Crippen LogP contribution in [0.15, 0.2) is 0 Å². The minimum Gasteiger partial charge on any atom is -0.392 e. The first-order chi connectivity index (χ1) is 9.00. The van der Waals surface area contributed by atoms with Gasteiger partial charge in [-0.15, -0.1) is 0 Å². The molecule has 0 bridgehead atoms. The largest absolute Gasteiger partial charge is 0.392 e. The third kappa shape index (κ3) is 3.95. The van der Waals surface area contributed by atoms with Crippen LogP contribution < -0.4 is 0 Å². The highest BCUT2D eigenvalue weighted by atomic mass is 16.3. The van der Waals surface area contributed by atoms with Gasteiger partial charge in [0.25, 0.3) is 0 Å². The van der Waals surface area contributed by atoms with E-state index in [1.165, 1.54) is 57.8 Å². The van der Waals surface area contributed by atoms with Crippen molar-refractivity contribution in [1.29, 1.82) is 0 Å². The Morgan fingerprint density at radius 2 is 1.63 bits per heavy atom. The monoisotopic (exact) mass is 267 g/mol. The molecule has 2 saturated carbocycles. The van der Waals surface area contributed by atoms with E-state index in [1.54, 1.807) is 0 Å². The Morgan fingerprint density at radius 1 is 1.00 bits per heavy atom. The summed E-state index contributed by atoms with van der Waals surface area (Å²) in [5.41, 5.74) is 0.118. The average molecular weight is 267 g/mol. The van der Waals surface area contributed by atoms with Crippen molar-refractivity contribution >= 4 is 0 Å². The first-order valence-corrected chi connectivity index (χ1v) is 8.39. The summed E-state index contributed by atoms with van der Waals surface area (Å²) < 4.78 is 0. The van der Waals surface area contributed by atoms with Crippen molar-refractivity contribution in [3.63, 3.8) is 0 Å². The van der Waals surface area contributed by atoms with Crippen LogP contribution in [0.1, 0.15) is 71.6 Å². The summed E-state index contributed by atoms with van der Waals surface area (Å²) in [6.45, 7) is 5.56. The summed E-state index contributed by atoms with van der Waals surface area (Å²) in [6, 6.07) is 0.764. The van der Waals surface area contributed by atoms with Crippen LogP contribution in [0, 0.1) is 11.3 Å². The SMILES string of the molecule is CN(CC1CCCC(C)(C)C1O)C1CCCCCC1. The van der Waals surface area contributed by atoms with E-state index in [2.05, 4.69) is 25.8 Å². The van der Waals surface area contributed by atoms with E-state index >= 15 is 0 Å². The first-order valence-electron chi connectivity index (χ1n) is 8.39. The van der Waals surface area contributed by atoms with E-state index in [0.717, 1.165) is 12.6 Å². The Morgan fingerprint density at radius 3 is 2.26 bits per heavy atom. The van der Waals surface area contributed by atoms with Gasteiger partial charge in [-0.1, -0.05) is 46.0 Å². The number of nitrogens with zero attached hydrogens (tertiary/aromatic N) is 1. The van der Waals surface area contributed by atoms with E-state index in [0.29, 0.717) is 5.92 Å². The van der Waals surface area contributed by atoms with Gasteiger partial charge in [0, 0.05) is 12.6 Å². The topological polar surface area (TPSA) is 23.5 Å². The second kappa shape index (κ2) is 6.58. The zero-order valence-electron chi connectivity index (χ0n) is 13.2. The molecule has 0 saturated heterocycles. The normalized spacial score (nSPS) is 33.3. The highest BCUT2D eigenvalue weighted by Crippen LogP contribution is 2.39. The van der Waals surface area contributed by atoms with Crippen molar-refractivity contribution in [3.8, 4) is 0 Å². The van der Waals surface area contributed by atoms with Crippen molar-refractivity contribution in [2.75, 3.05) is 13.6 Å². The molecule has 19 heavy (non-hydrogen) atoms. The molecule has 2 heteroatoms. The lowest BCUT2D eigenvalue weighted by Gasteiger charge is -2.43. The molecule has 0 aromatic rings. The molecule has 2 nitrogen and oxygen atoms in total. The van der Waals surface area contributed by atoms with Gasteiger partial charge in [0.05, 0.1) is 6.10 Å². The minimum atomic E-state index is -0.116. The second-order valence-electron chi connectivity index (χ2n) is 7.67. The van der Waals surface area contributed by atoms with Crippen LogP contribution >= 0.6 is 0 Å². The van der Waals surface area contributed by atoms with Crippen LogP contribution in [0.25, 0.3) is 0 Å². The van der Waals surface area contributed by atoms with Crippen LogP contribution in [0.5, 0.6) is 0 Å². The molecule has 2 atom stereocenters. The summed E-state index contributed by atoms with van der Waals surface area (Å²) in [4.78, 5) is 2.56. The standard InChI is InChI=1S/C17H33NO/c1-17(2)12-8-9-14(16(17)19)13-18(3)15-10-6-4-5-7-11-15/h14-16,19H,4-13H2,1-3H3. The van der Waals surface area contributed by atoms with Gasteiger partial charge in [-0.05, 0) is 44.1 Å². The maximum Gasteiger partial charge on any atom is 0.0631 e. The lowest BCUT2D eigenvalue weighted by atomic mass is 9.69. The molecule has 0 aliphatic heterocycles. The number of hydrogen-bond donors (Lipinski definition) is 1. The van der Waals surface area contributed by atoms with Crippen molar-refractivity contribution in [2.24, 2.45) is 11.3 Å². The Labute approximate surface area is 119 Å². The van der Waals surface area contributed by atoms with E-state index in [4.69, 9.17) is 0 Å². The van der Waals surface area contributed by atoms with Crippen LogP contribution in [0.2, 0.25) is 0 Å². The van der Waals surface area contributed by atoms with Crippen molar-refractivity contribution in [3.05, 3.63) is 0 Å². The molecule has 0 aromatic carbocycles. The second-order valence-corrected chi connectivity index (χ2v) is 7.67. The Kier molecular flexibility index (Phi) is 5.30. The fourth-order valence-corrected chi connectivity index (χ4v) is 4.17. The molecular formula is C17H33NO. The Balaban J connectivity index is 1.88. The third-order valence-corrected chi connectivity index (χ3v) is 5.61. The predicted molar refractivity (Wildman–Crippen MR) is 81.2 cm³/mol. The summed E-state index contributed by atoms with van der Waals surface area (Å²) >= 11 is 0. The summed E-state index contributed by atoms with van der Waals surface area (Å²) in [6.07, 6.45) is 11.9. The quantitative estimate of drug-likeness (QED) is 0.786. The van der Waals surface area contributed by atoms with Crippen molar-refractivity contribution in [2.45, 2.75) is 83.8 Å². The molecular weight excluding hydrogens is 234 g/mol. The van der Waals surface area contributed by atoms with E-state index in [-0.39, 0.29) is 11.5 Å². The average Bonchev–Trinajstić information content (AvgIpc) is 2.63. The molecule has 2 aliphatic carbocycles. The third-order valence-electron chi connectivity index (χ3n) is 5.61. The number of aliphatic hydroxyl groups is 1. The van der Waals surface area contributed by atoms with Gasteiger partial charge in [-0.25, -0.2) is 0 Å². The fourth-order valence-electron chi connectivity index (χ4n) is 4.17. The number of aliphatic hydroxyl groups excluding tert-OH is 1. The molecule has 2 aliphatic rings. The predicted octanol–water partition coefficient (Wildman–Crippen LogP) is 3.83. The zero-order chi connectivity index (χ0) is 13.9. The molecule has 0 radical (unpaired) electrons. The molecule has 2 fully saturated rings. The van der Waals surface area contributed by atoms with Gasteiger partial charge in [0.15, 0.2) is 0 Å². The molecule has 0 heterocycles. The van der Waals surface area contributed by atoms with Gasteiger partial charge in [0.2, 0.25) is 0 Å². The molecule has 1 N–H and O–H groups in total. The lowest BCUT2D eigenvalue weighted by molar-refractivity contribution is -0.0446. The molecule has 2 rings (SSSR count). The van der Waals surface area contributed by atoms with Crippen LogP contribution in [0.4, 0.5) is 0 Å². The van der Waals surface area contributed by atoms with Crippen LogP contribution in [-0.2, 0) is 0 Å². The van der Waals surface area contributed by atoms with Crippen molar-refractivity contribution < 1.29 is 5.11 Å². The van der Waals surface area contributed by atoms with Gasteiger partial charge in [-0.2, -0.15) is 0 Å². The summed E-state index contributed by atoms with van der Waals surface area (Å²) in [7, 11) is 2.28. The van der Waals surface area contributed by atoms with E-state index < -0.39 is 0 Å². The fraction of sp³-hybridized carbons (Fsp3) is 1.00. The summed E-state index contributed by atoms with van der Waals surface area (Å²) in [5, 5.41) is 10.6. The maximum absolute atomic E-state index is 10.6. The van der Waals surface area contributed by atoms with E-state index in [9.17, 15) is 5.11 Å². The van der Waals surface area contributed by atoms with Crippen LogP contribution in [-0.4, -0.2) is 35.7 Å². The maximum atomic E-state index is 10.6. The molecule has 0 aromatic heterocycles. The van der Waals surface area contributed by atoms with Gasteiger partial charge in [0.1, 0.15) is 0 Å². The highest BCUT2D eigenvalue weighted by molar-refractivity contribution is 4.90. The highest BCUT2D eigenvalue weighted by Gasteiger charge is 2.38. The number of rotatable bonds is 3. The Hall–Kier alpha value is -0.0800. The Bertz CT molecular complexity index is 268. The summed E-state index contributed by atoms with van der Waals surface area (Å²) in [5.74, 6) is 0.483. The molecule has 0 spiro atoms. The zero-order valence-corrected chi connectivity index (χ0v) is 13.2. The number of hydrogen-bond acceptors (Lipinski definition) is 2. The smallest absolute Gasteiger partial charge is 0.0631 e. The van der Waals surface area contributed by atoms with Gasteiger partial charge in [-0.3, -0.25) is 0 Å². The minimum absolute atomic E-state index is 0.116. The molecule has 112 valence electrons. The first kappa shape index (κ1) is 15.3. The lowest BCUT2D eigenvalue weighted by Crippen LogP contribution is -2.46. The van der Waals surface area contributed by atoms with E-state index in [1.807, 2.05) is 0 Å². The van der Waals surface area contributed by atoms with Crippen LogP contribution in [0.3, 0.4) is 0 Å². The van der Waals surface area contributed by atoms with Gasteiger partial charge < -0.3 is 10.0 Å².